The molecule has 0 spiro atoms. The lowest BCUT2D eigenvalue weighted by Gasteiger charge is -2.32. The average Bonchev–Trinajstić information content (AvgIpc) is 2.39. The lowest BCUT2D eigenvalue weighted by molar-refractivity contribution is -0.132. The van der Waals surface area contributed by atoms with E-state index in [-0.39, 0.29) is 5.91 Å². The highest BCUT2D eigenvalue weighted by Gasteiger charge is 2.22. The second kappa shape index (κ2) is 6.20. The van der Waals surface area contributed by atoms with Crippen LogP contribution in [0.4, 0.5) is 0 Å². The molecule has 1 N–H and O–H groups in total. The summed E-state index contributed by atoms with van der Waals surface area (Å²) < 4.78 is 0. The smallest absolute Gasteiger partial charge is 0.223 e. The second-order valence-corrected chi connectivity index (χ2v) is 5.66. The molecule has 1 fully saturated rings. The van der Waals surface area contributed by atoms with Gasteiger partial charge in [0.25, 0.3) is 0 Å². The van der Waals surface area contributed by atoms with Crippen molar-refractivity contribution in [2.45, 2.75) is 39.2 Å². The number of amides is 1. The maximum absolute atomic E-state index is 12.3. The largest absolute Gasteiger partial charge is 0.340 e. The number of carbonyl (C=O) groups excluding carboxylic acids is 1. The number of benzene rings is 1. The van der Waals surface area contributed by atoms with E-state index in [1.54, 1.807) is 0 Å². The molecule has 2 rings (SSSR count). The molecule has 0 saturated carbocycles. The first-order valence-corrected chi connectivity index (χ1v) is 7.14. The summed E-state index contributed by atoms with van der Waals surface area (Å²) in [5.74, 6) is 0.572. The van der Waals surface area contributed by atoms with Gasteiger partial charge in [-0.1, -0.05) is 31.2 Å². The van der Waals surface area contributed by atoms with Gasteiger partial charge in [0.2, 0.25) is 5.91 Å². The minimum atomic E-state index is 0.282. The Balaban J connectivity index is 1.97. The monoisotopic (exact) mass is 260 g/mol. The van der Waals surface area contributed by atoms with Crippen LogP contribution in [0.3, 0.4) is 0 Å². The Morgan fingerprint density at radius 2 is 2.21 bits per heavy atom. The normalized spacial score (nSPS) is 21.2. The van der Waals surface area contributed by atoms with Gasteiger partial charge >= 0.3 is 0 Å². The van der Waals surface area contributed by atoms with Crippen molar-refractivity contribution in [2.24, 2.45) is 0 Å². The van der Waals surface area contributed by atoms with E-state index in [1.807, 2.05) is 11.0 Å². The Bertz CT molecular complexity index is 444. The summed E-state index contributed by atoms with van der Waals surface area (Å²) >= 11 is 0. The van der Waals surface area contributed by atoms with Gasteiger partial charge in [0, 0.05) is 32.1 Å². The lowest BCUT2D eigenvalue weighted by atomic mass is 9.93. The number of nitrogens with zero attached hydrogens (tertiary/aromatic N) is 1. The number of piperazine rings is 1. The van der Waals surface area contributed by atoms with E-state index in [0.29, 0.717) is 18.4 Å². The topological polar surface area (TPSA) is 32.3 Å². The molecule has 0 radical (unpaired) electrons. The van der Waals surface area contributed by atoms with Crippen molar-refractivity contribution in [3.63, 3.8) is 0 Å². The third kappa shape index (κ3) is 3.57. The van der Waals surface area contributed by atoms with Crippen molar-refractivity contribution in [2.75, 3.05) is 19.6 Å². The number of hydrogen-bond acceptors (Lipinski definition) is 2. The summed E-state index contributed by atoms with van der Waals surface area (Å²) in [4.78, 5) is 14.3. The zero-order valence-electron chi connectivity index (χ0n) is 12.1. The molecular weight excluding hydrogens is 236 g/mol. The number of rotatable bonds is 3. The molecule has 0 aromatic heterocycles. The number of carbonyl (C=O) groups is 1. The predicted molar refractivity (Wildman–Crippen MR) is 78.3 cm³/mol. The van der Waals surface area contributed by atoms with Crippen LogP contribution in [0.25, 0.3) is 0 Å². The quantitative estimate of drug-likeness (QED) is 0.904. The molecule has 3 heteroatoms. The first kappa shape index (κ1) is 14.1. The van der Waals surface area contributed by atoms with Crippen LogP contribution in [0.1, 0.15) is 37.3 Å². The van der Waals surface area contributed by atoms with E-state index in [4.69, 9.17) is 0 Å². The summed E-state index contributed by atoms with van der Waals surface area (Å²) in [6.45, 7) is 8.97. The van der Waals surface area contributed by atoms with Crippen molar-refractivity contribution < 1.29 is 4.79 Å². The van der Waals surface area contributed by atoms with Gasteiger partial charge in [-0.3, -0.25) is 4.79 Å². The van der Waals surface area contributed by atoms with Crippen molar-refractivity contribution in [3.8, 4) is 0 Å². The first-order chi connectivity index (χ1) is 9.08. The zero-order valence-corrected chi connectivity index (χ0v) is 12.1. The van der Waals surface area contributed by atoms with Crippen molar-refractivity contribution >= 4 is 5.91 Å². The molecule has 104 valence electrons. The van der Waals surface area contributed by atoms with Crippen LogP contribution in [0, 0.1) is 6.92 Å². The number of aryl methyl sites for hydroxylation is 1. The summed E-state index contributed by atoms with van der Waals surface area (Å²) in [5.41, 5.74) is 2.57. The molecule has 1 amide bonds. The minimum absolute atomic E-state index is 0.282. The third-order valence-electron chi connectivity index (χ3n) is 3.92. The zero-order chi connectivity index (χ0) is 13.8. The van der Waals surface area contributed by atoms with Gasteiger partial charge < -0.3 is 10.2 Å². The van der Waals surface area contributed by atoms with E-state index in [0.717, 1.165) is 19.6 Å². The van der Waals surface area contributed by atoms with Gasteiger partial charge in [0.15, 0.2) is 0 Å². The van der Waals surface area contributed by atoms with Crippen molar-refractivity contribution in [3.05, 3.63) is 35.4 Å². The van der Waals surface area contributed by atoms with E-state index in [9.17, 15) is 4.79 Å². The molecule has 2 atom stereocenters. The van der Waals surface area contributed by atoms with Crippen LogP contribution in [0.2, 0.25) is 0 Å². The van der Waals surface area contributed by atoms with Crippen LogP contribution >= 0.6 is 0 Å². The Kier molecular flexibility index (Phi) is 4.59. The number of nitrogens with one attached hydrogen (secondary N) is 1. The van der Waals surface area contributed by atoms with Crippen molar-refractivity contribution in [1.29, 1.82) is 0 Å². The van der Waals surface area contributed by atoms with Gasteiger partial charge in [0.05, 0.1) is 0 Å². The summed E-state index contributed by atoms with van der Waals surface area (Å²) in [5, 5.41) is 3.37. The van der Waals surface area contributed by atoms with Crippen LogP contribution in [0.5, 0.6) is 0 Å². The lowest BCUT2D eigenvalue weighted by Crippen LogP contribution is -2.51. The second-order valence-electron chi connectivity index (χ2n) is 5.66. The maximum Gasteiger partial charge on any atom is 0.223 e. The Labute approximate surface area is 116 Å². The molecule has 1 aliphatic heterocycles. The summed E-state index contributed by atoms with van der Waals surface area (Å²) in [6, 6.07) is 8.75. The Morgan fingerprint density at radius 1 is 1.47 bits per heavy atom. The molecule has 0 aliphatic carbocycles. The van der Waals surface area contributed by atoms with Crippen LogP contribution in [-0.2, 0) is 4.79 Å². The molecule has 3 nitrogen and oxygen atoms in total. The van der Waals surface area contributed by atoms with Crippen LogP contribution < -0.4 is 5.32 Å². The van der Waals surface area contributed by atoms with Gasteiger partial charge in [-0.25, -0.2) is 0 Å². The highest BCUT2D eigenvalue weighted by molar-refractivity contribution is 5.77. The predicted octanol–water partition coefficient (Wildman–Crippen LogP) is 2.31. The van der Waals surface area contributed by atoms with Gasteiger partial charge in [-0.05, 0) is 30.9 Å². The maximum atomic E-state index is 12.3. The van der Waals surface area contributed by atoms with E-state index in [2.05, 4.69) is 44.3 Å². The summed E-state index contributed by atoms with van der Waals surface area (Å²) in [6.07, 6.45) is 0.609. The van der Waals surface area contributed by atoms with Crippen LogP contribution in [-0.4, -0.2) is 36.5 Å². The fourth-order valence-electron chi connectivity index (χ4n) is 2.80. The molecule has 1 aromatic carbocycles. The fraction of sp³-hybridized carbons (Fsp3) is 0.562. The van der Waals surface area contributed by atoms with E-state index >= 15 is 0 Å². The highest BCUT2D eigenvalue weighted by atomic mass is 16.2. The molecule has 1 aromatic rings. The van der Waals surface area contributed by atoms with Crippen LogP contribution in [0.15, 0.2) is 24.3 Å². The molecule has 1 aliphatic rings. The standard InChI is InChI=1S/C16H24N2O/c1-12-6-4-5-7-15(12)13(2)10-16(19)18-9-8-17-14(3)11-18/h4-7,13-14,17H,8-11H2,1-3H3/t13-,14+/m1/s1. The SMILES string of the molecule is Cc1ccccc1[C@H](C)CC(=O)N1CCN[C@@H](C)C1. The van der Waals surface area contributed by atoms with E-state index < -0.39 is 0 Å². The number of hydrogen-bond donors (Lipinski definition) is 1. The van der Waals surface area contributed by atoms with Gasteiger partial charge in [0.1, 0.15) is 0 Å². The minimum Gasteiger partial charge on any atom is -0.340 e. The molecule has 0 unspecified atom stereocenters. The van der Waals surface area contributed by atoms with Crippen molar-refractivity contribution in [1.82, 2.24) is 10.2 Å². The third-order valence-corrected chi connectivity index (χ3v) is 3.92. The average molecular weight is 260 g/mol. The molecular formula is C16H24N2O. The summed E-state index contributed by atoms with van der Waals surface area (Å²) in [7, 11) is 0. The Morgan fingerprint density at radius 3 is 2.89 bits per heavy atom. The molecule has 19 heavy (non-hydrogen) atoms. The first-order valence-electron chi connectivity index (χ1n) is 7.14. The molecule has 1 heterocycles. The molecule has 1 saturated heterocycles. The van der Waals surface area contributed by atoms with E-state index in [1.165, 1.54) is 11.1 Å². The van der Waals surface area contributed by atoms with Gasteiger partial charge in [-0.2, -0.15) is 0 Å². The Hall–Kier alpha value is -1.35. The molecule has 0 bridgehead atoms. The van der Waals surface area contributed by atoms with Gasteiger partial charge in [-0.15, -0.1) is 0 Å². The fourth-order valence-corrected chi connectivity index (χ4v) is 2.80. The highest BCUT2D eigenvalue weighted by Crippen LogP contribution is 2.23.